The van der Waals surface area contributed by atoms with Crippen LogP contribution >= 0.6 is 0 Å². The third kappa shape index (κ3) is 4.23. The Labute approximate surface area is 147 Å². The third-order valence-electron chi connectivity index (χ3n) is 4.05. The van der Waals surface area contributed by atoms with E-state index in [0.717, 1.165) is 27.7 Å². The van der Waals surface area contributed by atoms with Gasteiger partial charge < -0.3 is 5.32 Å². The molecule has 4 nitrogen and oxygen atoms in total. The van der Waals surface area contributed by atoms with Gasteiger partial charge in [0.05, 0.1) is 12.3 Å². The molecule has 0 saturated carbocycles. The molecule has 0 aliphatic heterocycles. The highest BCUT2D eigenvalue weighted by Gasteiger charge is 2.04. The second-order valence-electron chi connectivity index (χ2n) is 5.98. The number of carbonyl (C=O) groups is 1. The van der Waals surface area contributed by atoms with E-state index in [1.165, 1.54) is 5.56 Å². The van der Waals surface area contributed by atoms with Crippen molar-refractivity contribution in [3.05, 3.63) is 77.9 Å². The Morgan fingerprint density at radius 2 is 1.68 bits per heavy atom. The fourth-order valence-electron chi connectivity index (χ4n) is 2.60. The van der Waals surface area contributed by atoms with Crippen LogP contribution in [0.4, 0.5) is 5.69 Å². The van der Waals surface area contributed by atoms with Crippen LogP contribution in [-0.4, -0.2) is 18.2 Å². The van der Waals surface area contributed by atoms with Crippen molar-refractivity contribution in [1.82, 2.24) is 5.43 Å². The molecule has 0 aliphatic rings. The fourth-order valence-corrected chi connectivity index (χ4v) is 2.60. The lowest BCUT2D eigenvalue weighted by Crippen LogP contribution is -2.26. The first-order valence-corrected chi connectivity index (χ1v) is 8.25. The topological polar surface area (TPSA) is 53.5 Å². The van der Waals surface area contributed by atoms with Crippen LogP contribution in [0.25, 0.3) is 10.8 Å². The largest absolute Gasteiger partial charge is 0.376 e. The first kappa shape index (κ1) is 16.7. The second kappa shape index (κ2) is 7.62. The summed E-state index contributed by atoms with van der Waals surface area (Å²) in [5.74, 6) is -0.181. The number of hydrogen-bond acceptors (Lipinski definition) is 3. The molecule has 0 heterocycles. The first-order chi connectivity index (χ1) is 12.1. The summed E-state index contributed by atoms with van der Waals surface area (Å²) in [7, 11) is 0. The van der Waals surface area contributed by atoms with Crippen molar-refractivity contribution < 1.29 is 4.79 Å². The van der Waals surface area contributed by atoms with Crippen molar-refractivity contribution in [1.29, 1.82) is 0 Å². The summed E-state index contributed by atoms with van der Waals surface area (Å²) in [6, 6.07) is 22.1. The lowest BCUT2D eigenvalue weighted by atomic mass is 10.1. The van der Waals surface area contributed by atoms with Gasteiger partial charge in [0.2, 0.25) is 0 Å². The van der Waals surface area contributed by atoms with Gasteiger partial charge >= 0.3 is 0 Å². The van der Waals surface area contributed by atoms with Crippen molar-refractivity contribution in [2.24, 2.45) is 5.10 Å². The highest BCUT2D eigenvalue weighted by molar-refractivity contribution is 5.99. The number of hydrazone groups is 1. The summed E-state index contributed by atoms with van der Waals surface area (Å²) in [6.45, 7) is 4.08. The number of anilines is 1. The summed E-state index contributed by atoms with van der Waals surface area (Å²) >= 11 is 0. The van der Waals surface area contributed by atoms with Crippen LogP contribution in [0.3, 0.4) is 0 Å². The minimum Gasteiger partial charge on any atom is -0.376 e. The lowest BCUT2D eigenvalue weighted by Gasteiger charge is -2.09. The molecule has 0 radical (unpaired) electrons. The highest BCUT2D eigenvalue weighted by atomic mass is 16.2. The zero-order valence-electron chi connectivity index (χ0n) is 14.4. The Kier molecular flexibility index (Phi) is 5.09. The summed E-state index contributed by atoms with van der Waals surface area (Å²) in [5.41, 5.74) is 6.50. The van der Waals surface area contributed by atoms with E-state index in [4.69, 9.17) is 0 Å². The van der Waals surface area contributed by atoms with Crippen LogP contribution in [0.1, 0.15) is 18.1 Å². The molecule has 3 aromatic carbocycles. The number of hydrogen-bond donors (Lipinski definition) is 2. The van der Waals surface area contributed by atoms with Crippen molar-refractivity contribution >= 4 is 28.1 Å². The Balaban J connectivity index is 1.61. The Morgan fingerprint density at radius 1 is 0.960 bits per heavy atom. The summed E-state index contributed by atoms with van der Waals surface area (Å²) in [4.78, 5) is 12.1. The van der Waals surface area contributed by atoms with E-state index in [9.17, 15) is 4.79 Å². The summed E-state index contributed by atoms with van der Waals surface area (Å²) < 4.78 is 0. The molecule has 0 unspecified atom stereocenters. The molecule has 0 fully saturated rings. The minimum atomic E-state index is -0.181. The molecule has 25 heavy (non-hydrogen) atoms. The van der Waals surface area contributed by atoms with Crippen LogP contribution in [0.2, 0.25) is 0 Å². The normalized spacial score (nSPS) is 11.4. The van der Waals surface area contributed by atoms with E-state index in [2.05, 4.69) is 28.0 Å². The zero-order valence-corrected chi connectivity index (χ0v) is 14.4. The maximum atomic E-state index is 12.1. The number of fused-ring (bicyclic) bond motifs is 1. The van der Waals surface area contributed by atoms with Crippen molar-refractivity contribution in [3.8, 4) is 0 Å². The Bertz CT molecular complexity index is 909. The monoisotopic (exact) mass is 331 g/mol. The average Bonchev–Trinajstić information content (AvgIpc) is 2.65. The smallest absolute Gasteiger partial charge is 0.259 e. The number of amides is 1. The fraction of sp³-hybridized carbons (Fsp3) is 0.143. The van der Waals surface area contributed by atoms with Gasteiger partial charge in [0.15, 0.2) is 0 Å². The third-order valence-corrected chi connectivity index (χ3v) is 4.05. The molecular weight excluding hydrogens is 310 g/mol. The van der Waals surface area contributed by atoms with E-state index in [0.29, 0.717) is 0 Å². The van der Waals surface area contributed by atoms with E-state index < -0.39 is 0 Å². The first-order valence-electron chi connectivity index (χ1n) is 8.25. The van der Waals surface area contributed by atoms with Crippen LogP contribution in [0.15, 0.2) is 71.8 Å². The van der Waals surface area contributed by atoms with Crippen molar-refractivity contribution in [3.63, 3.8) is 0 Å². The molecule has 0 saturated heterocycles. The van der Waals surface area contributed by atoms with E-state index in [1.54, 1.807) is 0 Å². The van der Waals surface area contributed by atoms with Gasteiger partial charge in [0, 0.05) is 11.1 Å². The van der Waals surface area contributed by atoms with E-state index in [-0.39, 0.29) is 12.5 Å². The molecule has 3 rings (SSSR count). The predicted molar refractivity (Wildman–Crippen MR) is 104 cm³/mol. The van der Waals surface area contributed by atoms with Crippen LogP contribution < -0.4 is 10.7 Å². The zero-order chi connectivity index (χ0) is 17.6. The van der Waals surface area contributed by atoms with E-state index >= 15 is 0 Å². The number of carbonyl (C=O) groups excluding carboxylic acids is 1. The molecule has 1 amide bonds. The van der Waals surface area contributed by atoms with Gasteiger partial charge in [-0.1, -0.05) is 66.2 Å². The van der Waals surface area contributed by atoms with Crippen LogP contribution in [-0.2, 0) is 4.79 Å². The minimum absolute atomic E-state index is 0.165. The molecule has 4 heteroatoms. The highest BCUT2D eigenvalue weighted by Crippen LogP contribution is 2.22. The summed E-state index contributed by atoms with van der Waals surface area (Å²) in [6.07, 6.45) is 0. The molecule has 2 N–H and O–H groups in total. The number of nitrogens with zero attached hydrogens (tertiary/aromatic N) is 1. The molecular formula is C21H21N3O. The summed E-state index contributed by atoms with van der Waals surface area (Å²) in [5, 5.41) is 9.59. The van der Waals surface area contributed by atoms with Crippen molar-refractivity contribution in [2.75, 3.05) is 11.9 Å². The van der Waals surface area contributed by atoms with Crippen LogP contribution in [0, 0.1) is 6.92 Å². The Hall–Kier alpha value is -3.14. The number of aryl methyl sites for hydroxylation is 1. The van der Waals surface area contributed by atoms with Gasteiger partial charge in [-0.05, 0) is 30.9 Å². The molecule has 0 aromatic heterocycles. The predicted octanol–water partition coefficient (Wildman–Crippen LogP) is 4.10. The van der Waals surface area contributed by atoms with Gasteiger partial charge in [0.25, 0.3) is 5.91 Å². The molecule has 3 aromatic rings. The van der Waals surface area contributed by atoms with Crippen LogP contribution in [0.5, 0.6) is 0 Å². The maximum absolute atomic E-state index is 12.1. The second-order valence-corrected chi connectivity index (χ2v) is 5.98. The quantitative estimate of drug-likeness (QED) is 0.546. The van der Waals surface area contributed by atoms with Gasteiger partial charge in [0.1, 0.15) is 0 Å². The van der Waals surface area contributed by atoms with Gasteiger partial charge in [-0.3, -0.25) is 4.79 Å². The lowest BCUT2D eigenvalue weighted by molar-refractivity contribution is -0.119. The van der Waals surface area contributed by atoms with Gasteiger partial charge in [-0.15, -0.1) is 0 Å². The van der Waals surface area contributed by atoms with Gasteiger partial charge in [-0.2, -0.15) is 5.10 Å². The standard InChI is InChI=1S/C21H21N3O/c1-15-10-12-17(13-11-15)16(2)23-24-21(25)14-22-20-9-5-7-18-6-3-4-8-19(18)20/h3-13,22H,14H2,1-2H3,(H,24,25). The average molecular weight is 331 g/mol. The van der Waals surface area contributed by atoms with E-state index in [1.807, 2.05) is 68.4 Å². The SMILES string of the molecule is CC(=NNC(=O)CNc1cccc2ccccc12)c1ccc(C)cc1. The maximum Gasteiger partial charge on any atom is 0.259 e. The molecule has 0 bridgehead atoms. The van der Waals surface area contributed by atoms with Crippen molar-refractivity contribution in [2.45, 2.75) is 13.8 Å². The molecule has 0 atom stereocenters. The molecule has 126 valence electrons. The number of nitrogens with one attached hydrogen (secondary N) is 2. The molecule has 0 aliphatic carbocycles. The van der Waals surface area contributed by atoms with Gasteiger partial charge in [-0.25, -0.2) is 5.43 Å². The number of rotatable bonds is 5. The number of benzene rings is 3. The molecule has 0 spiro atoms. The Morgan fingerprint density at radius 3 is 2.48 bits per heavy atom.